The fourth-order valence-corrected chi connectivity index (χ4v) is 3.26. The Balaban J connectivity index is 2.04. The van der Waals surface area contributed by atoms with Gasteiger partial charge in [-0.1, -0.05) is 0 Å². The molecular formula is C14H24N4O3S. The number of aromatic nitrogens is 2. The second-order valence-electron chi connectivity index (χ2n) is 5.94. The van der Waals surface area contributed by atoms with E-state index in [-0.39, 0.29) is 18.5 Å². The van der Waals surface area contributed by atoms with E-state index in [4.69, 9.17) is 0 Å². The summed E-state index contributed by atoms with van der Waals surface area (Å²) in [5, 5.41) is 4.45. The van der Waals surface area contributed by atoms with Gasteiger partial charge < -0.3 is 4.90 Å². The number of sulfonamides is 1. The van der Waals surface area contributed by atoms with Gasteiger partial charge in [-0.05, 0) is 39.2 Å². The maximum absolute atomic E-state index is 12.3. The molecule has 1 fully saturated rings. The van der Waals surface area contributed by atoms with Crippen molar-refractivity contribution in [2.45, 2.75) is 45.7 Å². The average molecular weight is 328 g/mol. The lowest BCUT2D eigenvalue weighted by Crippen LogP contribution is -2.49. The van der Waals surface area contributed by atoms with Gasteiger partial charge in [0.1, 0.15) is 0 Å². The molecule has 2 rings (SSSR count). The van der Waals surface area contributed by atoms with Gasteiger partial charge in [-0.25, -0.2) is 13.1 Å². The van der Waals surface area contributed by atoms with Gasteiger partial charge in [-0.3, -0.25) is 9.48 Å². The van der Waals surface area contributed by atoms with Crippen molar-refractivity contribution in [2.24, 2.45) is 0 Å². The highest BCUT2D eigenvalue weighted by Gasteiger charge is 2.27. The second kappa shape index (κ2) is 6.78. The van der Waals surface area contributed by atoms with E-state index >= 15 is 0 Å². The molecule has 0 spiro atoms. The Labute approximate surface area is 131 Å². The van der Waals surface area contributed by atoms with Gasteiger partial charge in [-0.15, -0.1) is 0 Å². The van der Waals surface area contributed by atoms with Crippen LogP contribution in [0.2, 0.25) is 0 Å². The number of nitrogens with one attached hydrogen (secondary N) is 1. The maximum atomic E-state index is 12.3. The van der Waals surface area contributed by atoms with Crippen molar-refractivity contribution in [2.75, 3.05) is 19.3 Å². The molecular weight excluding hydrogens is 304 g/mol. The molecule has 1 aliphatic heterocycles. The van der Waals surface area contributed by atoms with E-state index in [2.05, 4.69) is 9.82 Å². The van der Waals surface area contributed by atoms with E-state index < -0.39 is 10.0 Å². The number of carbonyl (C=O) groups is 1. The van der Waals surface area contributed by atoms with Gasteiger partial charge in [0.15, 0.2) is 0 Å². The van der Waals surface area contributed by atoms with Gasteiger partial charge in [0.2, 0.25) is 15.9 Å². The fraction of sp³-hybridized carbons (Fsp3) is 0.714. The quantitative estimate of drug-likeness (QED) is 0.849. The number of likely N-dealkylation sites (tertiary alicyclic amines) is 1. The summed E-state index contributed by atoms with van der Waals surface area (Å²) >= 11 is 0. The first-order valence-corrected chi connectivity index (χ1v) is 9.40. The van der Waals surface area contributed by atoms with Crippen molar-refractivity contribution in [3.63, 3.8) is 0 Å². The van der Waals surface area contributed by atoms with E-state index in [0.29, 0.717) is 13.1 Å². The first-order valence-electron chi connectivity index (χ1n) is 7.51. The van der Waals surface area contributed by atoms with E-state index in [1.54, 1.807) is 4.90 Å². The van der Waals surface area contributed by atoms with E-state index in [9.17, 15) is 13.2 Å². The Morgan fingerprint density at radius 2 is 2.14 bits per heavy atom. The molecule has 0 saturated carbocycles. The molecule has 124 valence electrons. The number of amides is 1. The van der Waals surface area contributed by atoms with Crippen LogP contribution in [0.15, 0.2) is 6.07 Å². The standard InChI is InChI=1S/C14H24N4O3S/c1-11-8-12(2)18(16-11)10-13-6-4-5-7-17(13)14(19)9-15-22(3,20)21/h8,13,15H,4-7,9-10H2,1-3H3. The predicted octanol–water partition coefficient (Wildman–Crippen LogP) is 0.430. The number of aryl methyl sites for hydroxylation is 2. The fourth-order valence-electron chi connectivity index (χ4n) is 2.87. The van der Waals surface area contributed by atoms with Crippen molar-refractivity contribution >= 4 is 15.9 Å². The molecule has 1 N–H and O–H groups in total. The molecule has 1 aliphatic rings. The Bertz CT molecular complexity index is 639. The SMILES string of the molecule is Cc1cc(C)n(CC2CCCCN2C(=O)CNS(C)(=O)=O)n1. The maximum Gasteiger partial charge on any atom is 0.237 e. The van der Waals surface area contributed by atoms with Crippen LogP contribution in [0.1, 0.15) is 30.7 Å². The van der Waals surface area contributed by atoms with Crippen molar-refractivity contribution in [1.29, 1.82) is 0 Å². The molecule has 7 nitrogen and oxygen atoms in total. The Morgan fingerprint density at radius 1 is 1.41 bits per heavy atom. The summed E-state index contributed by atoms with van der Waals surface area (Å²) in [5.74, 6) is -0.170. The lowest BCUT2D eigenvalue weighted by molar-refractivity contribution is -0.133. The molecule has 1 atom stereocenters. The van der Waals surface area contributed by atoms with Crippen molar-refractivity contribution < 1.29 is 13.2 Å². The summed E-state index contributed by atoms with van der Waals surface area (Å²) in [6, 6.07) is 2.08. The van der Waals surface area contributed by atoms with Gasteiger partial charge in [-0.2, -0.15) is 5.10 Å². The van der Waals surface area contributed by atoms with E-state index in [1.165, 1.54) is 0 Å². The van der Waals surface area contributed by atoms with Crippen LogP contribution in [-0.4, -0.2) is 54.4 Å². The number of carbonyl (C=O) groups excluding carboxylic acids is 1. The molecule has 0 bridgehead atoms. The van der Waals surface area contributed by atoms with Crippen LogP contribution in [0.3, 0.4) is 0 Å². The zero-order chi connectivity index (χ0) is 16.3. The molecule has 8 heteroatoms. The molecule has 0 radical (unpaired) electrons. The summed E-state index contributed by atoms with van der Waals surface area (Å²) in [7, 11) is -3.35. The zero-order valence-corrected chi connectivity index (χ0v) is 14.2. The van der Waals surface area contributed by atoms with Crippen molar-refractivity contribution in [3.05, 3.63) is 17.5 Å². The Morgan fingerprint density at radius 3 is 2.73 bits per heavy atom. The molecule has 0 aromatic carbocycles. The predicted molar refractivity (Wildman–Crippen MR) is 83.9 cm³/mol. The monoisotopic (exact) mass is 328 g/mol. The molecule has 1 aromatic heterocycles. The van der Waals surface area contributed by atoms with Crippen LogP contribution in [0.5, 0.6) is 0 Å². The molecule has 1 aromatic rings. The van der Waals surface area contributed by atoms with Crippen LogP contribution >= 0.6 is 0 Å². The van der Waals surface area contributed by atoms with Crippen LogP contribution in [0.4, 0.5) is 0 Å². The third-order valence-corrected chi connectivity index (χ3v) is 4.59. The summed E-state index contributed by atoms with van der Waals surface area (Å²) in [5.41, 5.74) is 2.04. The lowest BCUT2D eigenvalue weighted by atomic mass is 10.0. The summed E-state index contributed by atoms with van der Waals surface area (Å²) in [4.78, 5) is 14.1. The van der Waals surface area contributed by atoms with Gasteiger partial charge in [0.05, 0.1) is 31.1 Å². The topological polar surface area (TPSA) is 84.3 Å². The summed E-state index contributed by atoms with van der Waals surface area (Å²) in [6.07, 6.45) is 4.01. The number of nitrogens with zero attached hydrogens (tertiary/aromatic N) is 3. The highest BCUT2D eigenvalue weighted by Crippen LogP contribution is 2.19. The highest BCUT2D eigenvalue weighted by molar-refractivity contribution is 7.88. The number of rotatable bonds is 5. The zero-order valence-electron chi connectivity index (χ0n) is 13.4. The molecule has 1 saturated heterocycles. The van der Waals surface area contributed by atoms with Crippen LogP contribution in [0.25, 0.3) is 0 Å². The van der Waals surface area contributed by atoms with Gasteiger partial charge >= 0.3 is 0 Å². The van der Waals surface area contributed by atoms with E-state index in [0.717, 1.165) is 36.9 Å². The largest absolute Gasteiger partial charge is 0.337 e. The Hall–Kier alpha value is -1.41. The first-order chi connectivity index (χ1) is 10.3. The summed E-state index contributed by atoms with van der Waals surface area (Å²) in [6.45, 7) is 5.11. The van der Waals surface area contributed by atoms with Crippen molar-refractivity contribution in [1.82, 2.24) is 19.4 Å². The first kappa shape index (κ1) is 17.0. The van der Waals surface area contributed by atoms with Gasteiger partial charge in [0, 0.05) is 12.2 Å². The van der Waals surface area contributed by atoms with Crippen LogP contribution in [-0.2, 0) is 21.4 Å². The average Bonchev–Trinajstić information content (AvgIpc) is 2.74. The minimum absolute atomic E-state index is 0.0700. The molecule has 22 heavy (non-hydrogen) atoms. The van der Waals surface area contributed by atoms with Crippen LogP contribution < -0.4 is 4.72 Å². The highest BCUT2D eigenvalue weighted by atomic mass is 32.2. The van der Waals surface area contributed by atoms with Crippen LogP contribution in [0, 0.1) is 13.8 Å². The second-order valence-corrected chi connectivity index (χ2v) is 7.77. The molecule has 1 unspecified atom stereocenters. The third kappa shape index (κ3) is 4.54. The molecule has 2 heterocycles. The lowest BCUT2D eigenvalue weighted by Gasteiger charge is -2.36. The molecule has 0 aliphatic carbocycles. The smallest absolute Gasteiger partial charge is 0.237 e. The normalized spacial score (nSPS) is 19.4. The van der Waals surface area contributed by atoms with E-state index in [1.807, 2.05) is 24.6 Å². The number of piperidine rings is 1. The number of hydrogen-bond acceptors (Lipinski definition) is 4. The third-order valence-electron chi connectivity index (χ3n) is 3.92. The minimum Gasteiger partial charge on any atom is -0.337 e. The molecule has 1 amide bonds. The Kier molecular flexibility index (Phi) is 5.23. The summed E-state index contributed by atoms with van der Waals surface area (Å²) < 4.78 is 26.5. The minimum atomic E-state index is -3.35. The van der Waals surface area contributed by atoms with Crippen molar-refractivity contribution in [3.8, 4) is 0 Å². The van der Waals surface area contributed by atoms with Gasteiger partial charge in [0.25, 0.3) is 0 Å². The number of hydrogen-bond donors (Lipinski definition) is 1.